The van der Waals surface area contributed by atoms with Crippen LogP contribution >= 0.6 is 0 Å². The summed E-state index contributed by atoms with van der Waals surface area (Å²) >= 11 is 0. The van der Waals surface area contributed by atoms with Crippen molar-refractivity contribution in [3.05, 3.63) is 0 Å². The zero-order chi connectivity index (χ0) is 12.9. The van der Waals surface area contributed by atoms with Gasteiger partial charge in [0.15, 0.2) is 0 Å². The Bertz CT molecular complexity index is 145. The van der Waals surface area contributed by atoms with E-state index in [1.165, 1.54) is 0 Å². The summed E-state index contributed by atoms with van der Waals surface area (Å²) < 4.78 is 21.0. The molecule has 0 saturated carbocycles. The van der Waals surface area contributed by atoms with Gasteiger partial charge in [0.25, 0.3) is 0 Å². The summed E-state index contributed by atoms with van der Waals surface area (Å²) in [6, 6.07) is 0.286. The van der Waals surface area contributed by atoms with Crippen LogP contribution in [0.3, 0.4) is 0 Å². The van der Waals surface area contributed by atoms with Crippen LogP contribution in [0, 0.1) is 0 Å². The van der Waals surface area contributed by atoms with E-state index in [4.69, 9.17) is 18.9 Å². The zero-order valence-electron chi connectivity index (χ0n) is 11.6. The lowest BCUT2D eigenvalue weighted by Crippen LogP contribution is -2.39. The lowest BCUT2D eigenvalue weighted by atomic mass is 10.3. The highest BCUT2D eigenvalue weighted by Crippen LogP contribution is 1.99. The van der Waals surface area contributed by atoms with Crippen LogP contribution in [0.2, 0.25) is 0 Å². The monoisotopic (exact) mass is 249 g/mol. The molecular weight excluding hydrogens is 222 g/mol. The maximum atomic E-state index is 5.54. The fourth-order valence-electron chi connectivity index (χ4n) is 1.28. The molecular formula is C12H27NO4. The van der Waals surface area contributed by atoms with E-state index < -0.39 is 0 Å². The molecule has 0 rings (SSSR count). The van der Waals surface area contributed by atoms with Crippen LogP contribution < -0.4 is 0 Å². The molecule has 0 unspecified atom stereocenters. The summed E-state index contributed by atoms with van der Waals surface area (Å²) in [5.41, 5.74) is 0. The molecule has 0 amide bonds. The molecule has 0 aliphatic heterocycles. The van der Waals surface area contributed by atoms with Crippen LogP contribution in [0.25, 0.3) is 0 Å². The molecule has 0 N–H and O–H groups in total. The van der Waals surface area contributed by atoms with E-state index in [-0.39, 0.29) is 6.04 Å². The number of rotatable bonds is 12. The number of methoxy groups -OCH3 is 2. The zero-order valence-corrected chi connectivity index (χ0v) is 11.6. The minimum atomic E-state index is 0.286. The predicted octanol–water partition coefficient (Wildman–Crippen LogP) is 0.633. The third kappa shape index (κ3) is 9.50. The topological polar surface area (TPSA) is 40.2 Å². The van der Waals surface area contributed by atoms with Crippen LogP contribution in [0.15, 0.2) is 0 Å². The third-order valence-corrected chi connectivity index (χ3v) is 2.61. The van der Waals surface area contributed by atoms with Crippen molar-refractivity contribution in [1.82, 2.24) is 4.90 Å². The van der Waals surface area contributed by atoms with E-state index in [9.17, 15) is 0 Å². The van der Waals surface area contributed by atoms with Crippen molar-refractivity contribution in [2.24, 2.45) is 0 Å². The highest BCUT2D eigenvalue weighted by atomic mass is 16.5. The molecule has 0 fully saturated rings. The summed E-state index contributed by atoms with van der Waals surface area (Å²) in [6.07, 6.45) is 0. The van der Waals surface area contributed by atoms with E-state index in [1.54, 1.807) is 14.2 Å². The van der Waals surface area contributed by atoms with E-state index >= 15 is 0 Å². The molecule has 5 nitrogen and oxygen atoms in total. The first kappa shape index (κ1) is 16.8. The normalized spacial score (nSPS) is 11.6. The van der Waals surface area contributed by atoms with Crippen molar-refractivity contribution in [2.75, 3.05) is 67.5 Å². The summed E-state index contributed by atoms with van der Waals surface area (Å²) in [5, 5.41) is 0. The smallest absolute Gasteiger partial charge is 0.0701 e. The molecule has 0 aromatic heterocycles. The minimum Gasteiger partial charge on any atom is -0.382 e. The molecule has 5 heteroatoms. The highest BCUT2D eigenvalue weighted by Gasteiger charge is 2.13. The molecule has 0 saturated heterocycles. The Morgan fingerprint density at radius 1 is 0.882 bits per heavy atom. The molecule has 0 aliphatic rings. The third-order valence-electron chi connectivity index (χ3n) is 2.61. The second-order valence-electron chi connectivity index (χ2n) is 3.86. The van der Waals surface area contributed by atoms with Gasteiger partial charge in [-0.15, -0.1) is 0 Å². The lowest BCUT2D eigenvalue weighted by Gasteiger charge is -2.26. The molecule has 0 aromatic rings. The fraction of sp³-hybridized carbons (Fsp3) is 1.00. The van der Waals surface area contributed by atoms with Gasteiger partial charge in [0.1, 0.15) is 0 Å². The van der Waals surface area contributed by atoms with E-state index in [0.29, 0.717) is 39.6 Å². The summed E-state index contributed by atoms with van der Waals surface area (Å²) in [4.78, 5) is 2.22. The van der Waals surface area contributed by atoms with Crippen LogP contribution in [-0.2, 0) is 18.9 Å². The molecule has 104 valence electrons. The number of hydrogen-bond donors (Lipinski definition) is 0. The first-order valence-corrected chi connectivity index (χ1v) is 6.09. The Hall–Kier alpha value is -0.200. The Labute approximate surface area is 105 Å². The van der Waals surface area contributed by atoms with Crippen molar-refractivity contribution in [3.63, 3.8) is 0 Å². The van der Waals surface area contributed by atoms with Crippen molar-refractivity contribution < 1.29 is 18.9 Å². The van der Waals surface area contributed by atoms with Gasteiger partial charge in [0.05, 0.1) is 45.7 Å². The summed E-state index contributed by atoms with van der Waals surface area (Å²) in [5.74, 6) is 0. The van der Waals surface area contributed by atoms with Crippen LogP contribution in [0.5, 0.6) is 0 Å². The lowest BCUT2D eigenvalue weighted by molar-refractivity contribution is -0.00843. The minimum absolute atomic E-state index is 0.286. The Kier molecular flexibility index (Phi) is 12.1. The van der Waals surface area contributed by atoms with Crippen molar-refractivity contribution in [2.45, 2.75) is 13.0 Å². The predicted molar refractivity (Wildman–Crippen MR) is 67.5 cm³/mol. The quantitative estimate of drug-likeness (QED) is 0.475. The number of ether oxygens (including phenoxy) is 4. The summed E-state index contributed by atoms with van der Waals surface area (Å²) in [7, 11) is 5.42. The Morgan fingerprint density at radius 2 is 1.35 bits per heavy atom. The standard InChI is InChI=1S/C12H27NO4/c1-5-13(2)12(10-16-8-6-14-3)11-17-9-7-15-4/h12H,5-11H2,1-4H3. The molecule has 0 bridgehead atoms. The average Bonchev–Trinajstić information content (AvgIpc) is 2.36. The van der Waals surface area contributed by atoms with Gasteiger partial charge >= 0.3 is 0 Å². The van der Waals surface area contributed by atoms with Crippen molar-refractivity contribution in [1.29, 1.82) is 0 Å². The SMILES string of the molecule is CCN(C)C(COCCOC)COCCOC. The maximum absolute atomic E-state index is 5.54. The van der Waals surface area contributed by atoms with Crippen LogP contribution in [0.4, 0.5) is 0 Å². The summed E-state index contributed by atoms with van der Waals surface area (Å²) in [6.45, 7) is 6.95. The van der Waals surface area contributed by atoms with Crippen molar-refractivity contribution >= 4 is 0 Å². The van der Waals surface area contributed by atoms with E-state index in [2.05, 4.69) is 18.9 Å². The average molecular weight is 249 g/mol. The Balaban J connectivity index is 3.72. The van der Waals surface area contributed by atoms with Gasteiger partial charge in [-0.25, -0.2) is 0 Å². The van der Waals surface area contributed by atoms with Gasteiger partial charge in [-0.1, -0.05) is 6.92 Å². The molecule has 0 aromatic carbocycles. The van der Waals surface area contributed by atoms with Crippen molar-refractivity contribution in [3.8, 4) is 0 Å². The largest absolute Gasteiger partial charge is 0.382 e. The Morgan fingerprint density at radius 3 is 1.71 bits per heavy atom. The second kappa shape index (κ2) is 12.3. The molecule has 17 heavy (non-hydrogen) atoms. The van der Waals surface area contributed by atoms with Gasteiger partial charge in [-0.2, -0.15) is 0 Å². The van der Waals surface area contributed by atoms with E-state index in [1.807, 2.05) is 0 Å². The molecule has 0 aliphatic carbocycles. The fourth-order valence-corrected chi connectivity index (χ4v) is 1.28. The van der Waals surface area contributed by atoms with Gasteiger partial charge in [0.2, 0.25) is 0 Å². The van der Waals surface area contributed by atoms with E-state index in [0.717, 1.165) is 6.54 Å². The molecule has 0 radical (unpaired) electrons. The molecule has 0 heterocycles. The molecule has 0 spiro atoms. The molecule has 0 atom stereocenters. The van der Waals surface area contributed by atoms with Gasteiger partial charge < -0.3 is 18.9 Å². The maximum Gasteiger partial charge on any atom is 0.0701 e. The number of hydrogen-bond acceptors (Lipinski definition) is 5. The van der Waals surface area contributed by atoms with Gasteiger partial charge in [-0.3, -0.25) is 4.90 Å². The number of likely N-dealkylation sites (N-methyl/N-ethyl adjacent to an activating group) is 1. The number of nitrogens with zero attached hydrogens (tertiary/aromatic N) is 1. The van der Waals surface area contributed by atoms with Gasteiger partial charge in [-0.05, 0) is 13.6 Å². The second-order valence-corrected chi connectivity index (χ2v) is 3.86. The first-order chi connectivity index (χ1) is 8.26. The first-order valence-electron chi connectivity index (χ1n) is 6.09. The van der Waals surface area contributed by atoms with Gasteiger partial charge in [0, 0.05) is 14.2 Å². The highest BCUT2D eigenvalue weighted by molar-refractivity contribution is 4.66. The van der Waals surface area contributed by atoms with Crippen LogP contribution in [0.1, 0.15) is 6.92 Å². The van der Waals surface area contributed by atoms with Crippen LogP contribution in [-0.4, -0.2) is 78.4 Å².